The molecule has 1 aromatic carbocycles. The molecule has 1 saturated carbocycles. The molecule has 1 fully saturated rings. The largest absolute Gasteiger partial charge is 0.415 e. The standard InChI is InChI=1S/C18H16F2N4O/c19-15(20)17-24-23-16(25-17)12-10-21-14(22-11-12)9-18(7-4-8-18)13-5-2-1-3-6-13/h1-3,5-6,10-11,15H,4,7-9H2. The van der Waals surface area contributed by atoms with Gasteiger partial charge in [-0.25, -0.2) is 9.97 Å². The van der Waals surface area contributed by atoms with Crippen LogP contribution in [0.2, 0.25) is 0 Å². The Morgan fingerprint density at radius 2 is 1.76 bits per heavy atom. The average Bonchev–Trinajstić information content (AvgIpc) is 3.10. The van der Waals surface area contributed by atoms with Gasteiger partial charge in [-0.2, -0.15) is 8.78 Å². The molecule has 0 aliphatic heterocycles. The third kappa shape index (κ3) is 3.01. The molecule has 0 N–H and O–H groups in total. The van der Waals surface area contributed by atoms with Gasteiger partial charge in [-0.3, -0.25) is 0 Å². The van der Waals surface area contributed by atoms with Crippen molar-refractivity contribution in [3.05, 3.63) is 60.0 Å². The zero-order chi connectivity index (χ0) is 17.3. The summed E-state index contributed by atoms with van der Waals surface area (Å²) in [6.07, 6.45) is 4.48. The zero-order valence-electron chi connectivity index (χ0n) is 13.4. The summed E-state index contributed by atoms with van der Waals surface area (Å²) < 4.78 is 30.0. The van der Waals surface area contributed by atoms with Gasteiger partial charge in [-0.15, -0.1) is 10.2 Å². The summed E-state index contributed by atoms with van der Waals surface area (Å²) in [5.41, 5.74) is 1.84. The molecule has 128 valence electrons. The van der Waals surface area contributed by atoms with Gasteiger partial charge in [0.25, 0.3) is 11.8 Å². The van der Waals surface area contributed by atoms with Gasteiger partial charge in [-0.05, 0) is 18.4 Å². The van der Waals surface area contributed by atoms with Crippen LogP contribution in [0.3, 0.4) is 0 Å². The molecule has 0 amide bonds. The molecular formula is C18H16F2N4O. The Balaban J connectivity index is 1.54. The summed E-state index contributed by atoms with van der Waals surface area (Å²) in [6.45, 7) is 0. The summed E-state index contributed by atoms with van der Waals surface area (Å²) in [7, 11) is 0. The topological polar surface area (TPSA) is 64.7 Å². The monoisotopic (exact) mass is 342 g/mol. The fraction of sp³-hybridized carbons (Fsp3) is 0.333. The summed E-state index contributed by atoms with van der Waals surface area (Å²) in [5, 5.41) is 6.92. The number of hydrogen-bond donors (Lipinski definition) is 0. The number of nitrogens with zero attached hydrogens (tertiary/aromatic N) is 4. The second kappa shape index (κ2) is 6.31. The normalized spacial score (nSPS) is 16.0. The van der Waals surface area contributed by atoms with Crippen LogP contribution in [0, 0.1) is 0 Å². The van der Waals surface area contributed by atoms with E-state index < -0.39 is 12.3 Å². The number of hydrogen-bond acceptors (Lipinski definition) is 5. The summed E-state index contributed by atoms with van der Waals surface area (Å²) in [6, 6.07) is 10.4. The highest BCUT2D eigenvalue weighted by molar-refractivity contribution is 5.48. The highest BCUT2D eigenvalue weighted by Crippen LogP contribution is 2.45. The summed E-state index contributed by atoms with van der Waals surface area (Å²) in [5.74, 6) is 0.0285. The van der Waals surface area contributed by atoms with Crippen molar-refractivity contribution in [2.75, 3.05) is 0 Å². The van der Waals surface area contributed by atoms with Gasteiger partial charge in [0.1, 0.15) is 5.82 Å². The molecule has 1 aliphatic rings. The molecule has 0 atom stereocenters. The van der Waals surface area contributed by atoms with Crippen molar-refractivity contribution >= 4 is 0 Å². The predicted octanol–water partition coefficient (Wildman–Crippen LogP) is 4.13. The lowest BCUT2D eigenvalue weighted by Gasteiger charge is -2.42. The van der Waals surface area contributed by atoms with Gasteiger partial charge in [0.15, 0.2) is 0 Å². The van der Waals surface area contributed by atoms with Crippen molar-refractivity contribution in [3.63, 3.8) is 0 Å². The first-order valence-electron chi connectivity index (χ1n) is 8.15. The number of benzene rings is 1. The fourth-order valence-corrected chi connectivity index (χ4v) is 3.26. The fourth-order valence-electron chi connectivity index (χ4n) is 3.26. The molecule has 1 aliphatic carbocycles. The molecule has 25 heavy (non-hydrogen) atoms. The molecule has 0 bridgehead atoms. The third-order valence-corrected chi connectivity index (χ3v) is 4.77. The summed E-state index contributed by atoms with van der Waals surface area (Å²) in [4.78, 5) is 8.75. The number of rotatable bonds is 5. The Labute approximate surface area is 143 Å². The first-order chi connectivity index (χ1) is 12.2. The Bertz CT molecular complexity index is 845. The zero-order valence-corrected chi connectivity index (χ0v) is 13.4. The molecule has 4 rings (SSSR count). The van der Waals surface area contributed by atoms with Crippen LogP contribution in [0.4, 0.5) is 8.78 Å². The second-order valence-electron chi connectivity index (χ2n) is 6.31. The van der Waals surface area contributed by atoms with Crippen molar-refractivity contribution in [2.45, 2.75) is 37.5 Å². The third-order valence-electron chi connectivity index (χ3n) is 4.77. The molecule has 5 nitrogen and oxygen atoms in total. The first-order valence-corrected chi connectivity index (χ1v) is 8.15. The number of halogens is 2. The molecule has 2 aromatic heterocycles. The molecule has 0 spiro atoms. The van der Waals surface area contributed by atoms with Crippen LogP contribution in [0.15, 0.2) is 47.1 Å². The predicted molar refractivity (Wildman–Crippen MR) is 86.0 cm³/mol. The molecular weight excluding hydrogens is 326 g/mol. The number of alkyl halides is 2. The van der Waals surface area contributed by atoms with Gasteiger partial charge in [0.2, 0.25) is 0 Å². The van der Waals surface area contributed by atoms with Crippen LogP contribution in [-0.4, -0.2) is 20.2 Å². The van der Waals surface area contributed by atoms with E-state index in [4.69, 9.17) is 4.42 Å². The smallest absolute Gasteiger partial charge is 0.314 e. The lowest BCUT2D eigenvalue weighted by Crippen LogP contribution is -2.37. The Morgan fingerprint density at radius 1 is 1.04 bits per heavy atom. The molecule has 0 radical (unpaired) electrons. The van der Waals surface area contributed by atoms with Crippen LogP contribution < -0.4 is 0 Å². The molecule has 0 saturated heterocycles. The van der Waals surface area contributed by atoms with Crippen LogP contribution in [0.1, 0.15) is 43.0 Å². The van der Waals surface area contributed by atoms with E-state index in [9.17, 15) is 8.78 Å². The van der Waals surface area contributed by atoms with Gasteiger partial charge < -0.3 is 4.42 Å². The van der Waals surface area contributed by atoms with Crippen LogP contribution in [-0.2, 0) is 11.8 Å². The lowest BCUT2D eigenvalue weighted by atomic mass is 9.62. The van der Waals surface area contributed by atoms with Crippen molar-refractivity contribution in [1.82, 2.24) is 20.2 Å². The minimum Gasteiger partial charge on any atom is -0.415 e. The molecule has 3 aromatic rings. The highest BCUT2D eigenvalue weighted by Gasteiger charge is 2.39. The van der Waals surface area contributed by atoms with E-state index in [1.165, 1.54) is 12.0 Å². The van der Waals surface area contributed by atoms with Gasteiger partial charge >= 0.3 is 6.43 Å². The van der Waals surface area contributed by atoms with E-state index in [1.807, 2.05) is 6.07 Å². The Morgan fingerprint density at radius 3 is 2.32 bits per heavy atom. The minimum atomic E-state index is -2.79. The second-order valence-corrected chi connectivity index (χ2v) is 6.31. The van der Waals surface area contributed by atoms with Crippen molar-refractivity contribution in [1.29, 1.82) is 0 Å². The van der Waals surface area contributed by atoms with Gasteiger partial charge in [0, 0.05) is 24.2 Å². The van der Waals surface area contributed by atoms with Crippen molar-refractivity contribution < 1.29 is 13.2 Å². The summed E-state index contributed by atoms with van der Waals surface area (Å²) >= 11 is 0. The number of aromatic nitrogens is 4. The SMILES string of the molecule is FC(F)c1nnc(-c2cnc(CC3(c4ccccc4)CCC3)nc2)o1. The van der Waals surface area contributed by atoms with Crippen molar-refractivity contribution in [3.8, 4) is 11.5 Å². The van der Waals surface area contributed by atoms with E-state index in [0.717, 1.165) is 25.1 Å². The van der Waals surface area contributed by atoms with E-state index in [1.54, 1.807) is 12.4 Å². The van der Waals surface area contributed by atoms with Gasteiger partial charge in [0.05, 0.1) is 5.56 Å². The van der Waals surface area contributed by atoms with Crippen molar-refractivity contribution in [2.24, 2.45) is 0 Å². The van der Waals surface area contributed by atoms with Crippen LogP contribution >= 0.6 is 0 Å². The maximum atomic E-state index is 12.5. The molecule has 0 unspecified atom stereocenters. The minimum absolute atomic E-state index is 0.00302. The Hall–Kier alpha value is -2.70. The van der Waals surface area contributed by atoms with E-state index in [2.05, 4.69) is 44.4 Å². The lowest BCUT2D eigenvalue weighted by molar-refractivity contribution is 0.116. The maximum absolute atomic E-state index is 12.5. The van der Waals surface area contributed by atoms with Crippen LogP contribution in [0.25, 0.3) is 11.5 Å². The first kappa shape index (κ1) is 15.8. The molecule has 2 heterocycles. The quantitative estimate of drug-likeness (QED) is 0.697. The Kier molecular flexibility index (Phi) is 3.99. The van der Waals surface area contributed by atoms with Crippen LogP contribution in [0.5, 0.6) is 0 Å². The van der Waals surface area contributed by atoms with E-state index >= 15 is 0 Å². The highest BCUT2D eigenvalue weighted by atomic mass is 19.3. The maximum Gasteiger partial charge on any atom is 0.314 e. The van der Waals surface area contributed by atoms with E-state index in [0.29, 0.717) is 5.56 Å². The average molecular weight is 342 g/mol. The van der Waals surface area contributed by atoms with E-state index in [-0.39, 0.29) is 11.3 Å². The molecule has 7 heteroatoms. The van der Waals surface area contributed by atoms with Gasteiger partial charge in [-0.1, -0.05) is 36.8 Å².